The summed E-state index contributed by atoms with van der Waals surface area (Å²) in [5.41, 5.74) is 1.35. The smallest absolute Gasteiger partial charge is 0.0234 e. The van der Waals surface area contributed by atoms with Crippen LogP contribution in [0.1, 0.15) is 32.8 Å². The molecule has 2 unspecified atom stereocenters. The average molecular weight is 313 g/mol. The highest BCUT2D eigenvalue weighted by Gasteiger charge is 2.10. The van der Waals surface area contributed by atoms with Crippen molar-refractivity contribution in [3.05, 3.63) is 34.3 Å². The maximum Gasteiger partial charge on any atom is 0.0234 e. The molecule has 3 heteroatoms. The van der Waals surface area contributed by atoms with Gasteiger partial charge in [-0.1, -0.05) is 35.0 Å². The van der Waals surface area contributed by atoms with Crippen molar-refractivity contribution in [2.24, 2.45) is 0 Å². The maximum atomic E-state index is 3.56. The lowest BCUT2D eigenvalue weighted by Crippen LogP contribution is -2.40. The van der Waals surface area contributed by atoms with Crippen LogP contribution in [0.4, 0.5) is 0 Å². The highest BCUT2D eigenvalue weighted by molar-refractivity contribution is 9.10. The van der Waals surface area contributed by atoms with Gasteiger partial charge in [-0.3, -0.25) is 4.90 Å². The number of benzene rings is 1. The Morgan fingerprint density at radius 2 is 2.06 bits per heavy atom. The van der Waals surface area contributed by atoms with E-state index in [0.29, 0.717) is 12.1 Å². The van der Waals surface area contributed by atoms with Crippen molar-refractivity contribution in [2.75, 3.05) is 13.6 Å². The Bertz CT molecular complexity index is 354. The second kappa shape index (κ2) is 7.93. The van der Waals surface area contributed by atoms with E-state index >= 15 is 0 Å². The van der Waals surface area contributed by atoms with Gasteiger partial charge in [-0.05, 0) is 45.0 Å². The van der Waals surface area contributed by atoms with Crippen LogP contribution in [0.3, 0.4) is 0 Å². The lowest BCUT2D eigenvalue weighted by molar-refractivity contribution is 0.237. The molecule has 1 rings (SSSR count). The zero-order valence-corrected chi connectivity index (χ0v) is 13.5. The third-order valence-corrected chi connectivity index (χ3v) is 3.94. The van der Waals surface area contributed by atoms with Crippen molar-refractivity contribution < 1.29 is 0 Å². The van der Waals surface area contributed by atoms with Crippen molar-refractivity contribution in [1.82, 2.24) is 10.2 Å². The van der Waals surface area contributed by atoms with Crippen molar-refractivity contribution in [1.29, 1.82) is 0 Å². The number of halogens is 1. The third-order valence-electron chi connectivity index (χ3n) is 3.45. The summed E-state index contributed by atoms with van der Waals surface area (Å²) in [6.45, 7) is 8.75. The highest BCUT2D eigenvalue weighted by atomic mass is 79.9. The van der Waals surface area contributed by atoms with Gasteiger partial charge in [0.05, 0.1) is 0 Å². The molecule has 0 saturated carbocycles. The Hall–Kier alpha value is -0.380. The molecule has 1 N–H and O–H groups in total. The van der Waals surface area contributed by atoms with Gasteiger partial charge >= 0.3 is 0 Å². The Kier molecular flexibility index (Phi) is 6.90. The molecule has 1 aromatic rings. The first-order chi connectivity index (χ1) is 8.52. The molecule has 18 heavy (non-hydrogen) atoms. The molecule has 0 aliphatic carbocycles. The number of rotatable bonds is 7. The number of hydrogen-bond donors (Lipinski definition) is 1. The summed E-state index contributed by atoms with van der Waals surface area (Å²) in [7, 11) is 2.18. The van der Waals surface area contributed by atoms with Gasteiger partial charge in [0, 0.05) is 29.6 Å². The molecule has 0 amide bonds. The van der Waals surface area contributed by atoms with Crippen molar-refractivity contribution in [3.63, 3.8) is 0 Å². The van der Waals surface area contributed by atoms with Crippen LogP contribution >= 0.6 is 15.9 Å². The van der Waals surface area contributed by atoms with E-state index in [-0.39, 0.29) is 0 Å². The first-order valence-corrected chi connectivity index (χ1v) is 7.50. The normalized spacial score (nSPS) is 14.8. The summed E-state index contributed by atoms with van der Waals surface area (Å²) in [5, 5.41) is 3.56. The predicted octanol–water partition coefficient (Wildman–Crippen LogP) is 3.66. The van der Waals surface area contributed by atoms with Gasteiger partial charge in [0.25, 0.3) is 0 Å². The van der Waals surface area contributed by atoms with Crippen LogP contribution in [0.5, 0.6) is 0 Å². The number of nitrogens with one attached hydrogen (secondary N) is 1. The van der Waals surface area contributed by atoms with E-state index in [2.05, 4.69) is 78.2 Å². The molecule has 0 aromatic heterocycles. The molecule has 1 aromatic carbocycles. The van der Waals surface area contributed by atoms with Gasteiger partial charge in [-0.15, -0.1) is 0 Å². The fraction of sp³-hybridized carbons (Fsp3) is 0.600. The lowest BCUT2D eigenvalue weighted by atomic mass is 10.2. The van der Waals surface area contributed by atoms with Crippen LogP contribution < -0.4 is 5.32 Å². The topological polar surface area (TPSA) is 15.3 Å². The minimum atomic E-state index is 0.540. The van der Waals surface area contributed by atoms with E-state index in [1.807, 2.05) is 0 Å². The molecule has 0 heterocycles. The Labute approximate surface area is 120 Å². The van der Waals surface area contributed by atoms with Crippen molar-refractivity contribution in [3.8, 4) is 0 Å². The minimum Gasteiger partial charge on any atom is -0.313 e. The molecule has 0 radical (unpaired) electrons. The van der Waals surface area contributed by atoms with Gasteiger partial charge in [-0.25, -0.2) is 0 Å². The van der Waals surface area contributed by atoms with E-state index in [1.54, 1.807) is 0 Å². The van der Waals surface area contributed by atoms with Gasteiger partial charge in [-0.2, -0.15) is 0 Å². The van der Waals surface area contributed by atoms with E-state index in [9.17, 15) is 0 Å². The van der Waals surface area contributed by atoms with Crippen LogP contribution in [0, 0.1) is 0 Å². The SMILES string of the molecule is CCC(C)NCC(C)N(C)Cc1cccc(Br)c1. The van der Waals surface area contributed by atoms with E-state index < -0.39 is 0 Å². The van der Waals surface area contributed by atoms with Crippen molar-refractivity contribution in [2.45, 2.75) is 45.8 Å². The van der Waals surface area contributed by atoms with Crippen molar-refractivity contribution >= 4 is 15.9 Å². The van der Waals surface area contributed by atoms with Gasteiger partial charge in [0.1, 0.15) is 0 Å². The summed E-state index contributed by atoms with van der Waals surface area (Å²) in [6, 6.07) is 9.67. The molecule has 0 spiro atoms. The second-order valence-corrected chi connectivity index (χ2v) is 6.03. The summed E-state index contributed by atoms with van der Waals surface area (Å²) in [5.74, 6) is 0. The molecule has 0 fully saturated rings. The van der Waals surface area contributed by atoms with Gasteiger partial charge < -0.3 is 5.32 Å². The largest absolute Gasteiger partial charge is 0.313 e. The maximum absolute atomic E-state index is 3.56. The molecule has 0 aliphatic rings. The summed E-state index contributed by atoms with van der Waals surface area (Å²) in [4.78, 5) is 2.39. The minimum absolute atomic E-state index is 0.540. The molecule has 102 valence electrons. The van der Waals surface area contributed by atoms with E-state index in [0.717, 1.165) is 17.6 Å². The number of nitrogens with zero attached hydrogens (tertiary/aromatic N) is 1. The second-order valence-electron chi connectivity index (χ2n) is 5.11. The molecule has 0 aliphatic heterocycles. The predicted molar refractivity (Wildman–Crippen MR) is 82.8 cm³/mol. The average Bonchev–Trinajstić information content (AvgIpc) is 2.35. The molecule has 2 atom stereocenters. The molecule has 0 saturated heterocycles. The Morgan fingerprint density at radius 3 is 2.67 bits per heavy atom. The molecule has 2 nitrogen and oxygen atoms in total. The monoisotopic (exact) mass is 312 g/mol. The van der Waals surface area contributed by atoms with Gasteiger partial charge in [0.2, 0.25) is 0 Å². The molecular formula is C15H25BrN2. The fourth-order valence-electron chi connectivity index (χ4n) is 1.75. The Morgan fingerprint density at radius 1 is 1.33 bits per heavy atom. The third kappa shape index (κ3) is 5.51. The summed E-state index contributed by atoms with van der Waals surface area (Å²) in [6.07, 6.45) is 1.18. The zero-order valence-electron chi connectivity index (χ0n) is 11.9. The van der Waals surface area contributed by atoms with Crippen LogP contribution in [0.2, 0.25) is 0 Å². The van der Waals surface area contributed by atoms with Crippen LogP contribution in [-0.4, -0.2) is 30.6 Å². The first-order valence-electron chi connectivity index (χ1n) is 6.71. The highest BCUT2D eigenvalue weighted by Crippen LogP contribution is 2.13. The summed E-state index contributed by atoms with van der Waals surface area (Å²) < 4.78 is 1.15. The van der Waals surface area contributed by atoms with Crippen LogP contribution in [0.15, 0.2) is 28.7 Å². The van der Waals surface area contributed by atoms with E-state index in [1.165, 1.54) is 12.0 Å². The quantitative estimate of drug-likeness (QED) is 0.826. The van der Waals surface area contributed by atoms with Crippen LogP contribution in [-0.2, 0) is 6.54 Å². The van der Waals surface area contributed by atoms with Crippen LogP contribution in [0.25, 0.3) is 0 Å². The standard InChI is InChI=1S/C15H25BrN2/c1-5-12(2)17-10-13(3)18(4)11-14-7-6-8-15(16)9-14/h6-9,12-13,17H,5,10-11H2,1-4H3. The lowest BCUT2D eigenvalue weighted by Gasteiger charge is -2.26. The zero-order chi connectivity index (χ0) is 13.5. The molecular weight excluding hydrogens is 288 g/mol. The van der Waals surface area contributed by atoms with E-state index in [4.69, 9.17) is 0 Å². The first kappa shape index (κ1) is 15.7. The number of likely N-dealkylation sites (N-methyl/N-ethyl adjacent to an activating group) is 1. The fourth-order valence-corrected chi connectivity index (χ4v) is 2.20. The molecule has 0 bridgehead atoms. The Balaban J connectivity index is 2.42. The number of hydrogen-bond acceptors (Lipinski definition) is 2. The van der Waals surface area contributed by atoms with Gasteiger partial charge in [0.15, 0.2) is 0 Å². The summed E-state index contributed by atoms with van der Waals surface area (Å²) >= 11 is 3.52.